The van der Waals surface area contributed by atoms with Gasteiger partial charge in [-0.05, 0) is 37.0 Å². The second kappa shape index (κ2) is 5.55. The summed E-state index contributed by atoms with van der Waals surface area (Å²) in [4.78, 5) is 2.22. The summed E-state index contributed by atoms with van der Waals surface area (Å²) in [5, 5.41) is 9.16. The Morgan fingerprint density at radius 2 is 2.12 bits per heavy atom. The van der Waals surface area contributed by atoms with Gasteiger partial charge in [-0.1, -0.05) is 28.8 Å². The summed E-state index contributed by atoms with van der Waals surface area (Å²) in [7, 11) is 2.09. The summed E-state index contributed by atoms with van der Waals surface area (Å²) in [5.41, 5.74) is 1.79. The molecule has 17 heavy (non-hydrogen) atoms. The molecule has 0 heterocycles. The van der Waals surface area contributed by atoms with Gasteiger partial charge in [0, 0.05) is 18.1 Å². The first-order valence-electron chi connectivity index (χ1n) is 6.11. The number of anilines is 1. The SMILES string of the molecule is CN(CC1CCCC1)c1ccc(Br)cc1C#N. The van der Waals surface area contributed by atoms with Crippen LogP contribution in [0.2, 0.25) is 0 Å². The molecule has 90 valence electrons. The summed E-state index contributed by atoms with van der Waals surface area (Å²) in [6, 6.07) is 8.19. The Labute approximate surface area is 111 Å². The van der Waals surface area contributed by atoms with Crippen molar-refractivity contribution in [2.75, 3.05) is 18.5 Å². The molecule has 1 aliphatic rings. The molecule has 0 spiro atoms. The van der Waals surface area contributed by atoms with Crippen LogP contribution >= 0.6 is 15.9 Å². The predicted octanol–water partition coefficient (Wildman–Crippen LogP) is 3.95. The highest BCUT2D eigenvalue weighted by atomic mass is 79.9. The van der Waals surface area contributed by atoms with Gasteiger partial charge >= 0.3 is 0 Å². The van der Waals surface area contributed by atoms with Crippen LogP contribution in [0.25, 0.3) is 0 Å². The zero-order valence-electron chi connectivity index (χ0n) is 10.1. The maximum absolute atomic E-state index is 9.16. The third-order valence-corrected chi connectivity index (χ3v) is 3.99. The molecule has 0 radical (unpaired) electrons. The highest BCUT2D eigenvalue weighted by Crippen LogP contribution is 2.29. The van der Waals surface area contributed by atoms with Crippen LogP contribution in [-0.2, 0) is 0 Å². The van der Waals surface area contributed by atoms with E-state index in [4.69, 9.17) is 5.26 Å². The molecule has 0 unspecified atom stereocenters. The Hall–Kier alpha value is -1.01. The average Bonchev–Trinajstić information content (AvgIpc) is 2.81. The van der Waals surface area contributed by atoms with Gasteiger partial charge in [0.25, 0.3) is 0 Å². The van der Waals surface area contributed by atoms with E-state index in [1.165, 1.54) is 25.7 Å². The molecule has 1 aromatic carbocycles. The Morgan fingerprint density at radius 1 is 1.41 bits per heavy atom. The first-order chi connectivity index (χ1) is 8.20. The molecule has 0 bridgehead atoms. The largest absolute Gasteiger partial charge is 0.373 e. The van der Waals surface area contributed by atoms with Gasteiger partial charge in [0.05, 0.1) is 11.3 Å². The van der Waals surface area contributed by atoms with E-state index in [2.05, 4.69) is 33.9 Å². The molecule has 0 saturated heterocycles. The highest BCUT2D eigenvalue weighted by Gasteiger charge is 2.18. The van der Waals surface area contributed by atoms with Gasteiger partial charge in [0.15, 0.2) is 0 Å². The van der Waals surface area contributed by atoms with Crippen molar-refractivity contribution >= 4 is 21.6 Å². The smallest absolute Gasteiger partial charge is 0.101 e. The van der Waals surface area contributed by atoms with E-state index >= 15 is 0 Å². The lowest BCUT2D eigenvalue weighted by atomic mass is 10.1. The summed E-state index contributed by atoms with van der Waals surface area (Å²) < 4.78 is 0.965. The molecule has 3 heteroatoms. The molecule has 0 atom stereocenters. The van der Waals surface area contributed by atoms with Crippen molar-refractivity contribution in [3.63, 3.8) is 0 Å². The topological polar surface area (TPSA) is 27.0 Å². The Bertz CT molecular complexity index is 430. The van der Waals surface area contributed by atoms with E-state index in [0.717, 1.165) is 28.2 Å². The Kier molecular flexibility index (Phi) is 4.06. The van der Waals surface area contributed by atoms with Crippen LogP contribution in [0.15, 0.2) is 22.7 Å². The summed E-state index contributed by atoms with van der Waals surface area (Å²) in [6.45, 7) is 1.07. The van der Waals surface area contributed by atoms with Gasteiger partial charge in [-0.3, -0.25) is 0 Å². The number of hydrogen-bond donors (Lipinski definition) is 0. The number of halogens is 1. The molecule has 0 amide bonds. The van der Waals surface area contributed by atoms with Crippen molar-refractivity contribution in [3.8, 4) is 6.07 Å². The van der Waals surface area contributed by atoms with Crippen molar-refractivity contribution in [2.24, 2.45) is 5.92 Å². The minimum absolute atomic E-state index is 0.750. The lowest BCUT2D eigenvalue weighted by Gasteiger charge is -2.24. The molecule has 0 aliphatic heterocycles. The lowest BCUT2D eigenvalue weighted by Crippen LogP contribution is -2.24. The molecule has 1 fully saturated rings. The van der Waals surface area contributed by atoms with Crippen molar-refractivity contribution in [1.29, 1.82) is 5.26 Å². The Balaban J connectivity index is 2.12. The first kappa shape index (κ1) is 12.4. The monoisotopic (exact) mass is 292 g/mol. The maximum atomic E-state index is 9.16. The van der Waals surface area contributed by atoms with Crippen LogP contribution in [0, 0.1) is 17.2 Å². The van der Waals surface area contributed by atoms with Crippen molar-refractivity contribution < 1.29 is 0 Å². The van der Waals surface area contributed by atoms with Crippen LogP contribution in [0.1, 0.15) is 31.2 Å². The number of benzene rings is 1. The Morgan fingerprint density at radius 3 is 2.76 bits per heavy atom. The lowest BCUT2D eigenvalue weighted by molar-refractivity contribution is 0.547. The van der Waals surface area contributed by atoms with Crippen molar-refractivity contribution in [3.05, 3.63) is 28.2 Å². The van der Waals surface area contributed by atoms with E-state index in [-0.39, 0.29) is 0 Å². The van der Waals surface area contributed by atoms with E-state index < -0.39 is 0 Å². The minimum Gasteiger partial charge on any atom is -0.373 e. The fourth-order valence-electron chi connectivity index (χ4n) is 2.61. The summed E-state index contributed by atoms with van der Waals surface area (Å²) in [6.07, 6.45) is 5.40. The molecule has 2 nitrogen and oxygen atoms in total. The standard InChI is InChI=1S/C14H17BrN2/c1-17(10-11-4-2-3-5-11)14-7-6-13(15)8-12(14)9-16/h6-8,11H,2-5,10H2,1H3. The van der Waals surface area contributed by atoms with Crippen LogP contribution < -0.4 is 4.90 Å². The van der Waals surface area contributed by atoms with Crippen LogP contribution in [0.3, 0.4) is 0 Å². The first-order valence-corrected chi connectivity index (χ1v) is 6.91. The molecule has 1 aliphatic carbocycles. The third kappa shape index (κ3) is 3.01. The van der Waals surface area contributed by atoms with E-state index in [9.17, 15) is 0 Å². The van der Waals surface area contributed by atoms with Gasteiger partial charge in [0.1, 0.15) is 6.07 Å². The van der Waals surface area contributed by atoms with Gasteiger partial charge in [-0.15, -0.1) is 0 Å². The van der Waals surface area contributed by atoms with Crippen LogP contribution in [0.5, 0.6) is 0 Å². The third-order valence-electron chi connectivity index (χ3n) is 3.50. The van der Waals surface area contributed by atoms with Crippen LogP contribution in [0.4, 0.5) is 5.69 Å². The van der Waals surface area contributed by atoms with E-state index in [1.807, 2.05) is 18.2 Å². The fraction of sp³-hybridized carbons (Fsp3) is 0.500. The predicted molar refractivity (Wildman–Crippen MR) is 74.1 cm³/mol. The number of nitriles is 1. The quantitative estimate of drug-likeness (QED) is 0.843. The van der Waals surface area contributed by atoms with Gasteiger partial charge < -0.3 is 4.90 Å². The van der Waals surface area contributed by atoms with Gasteiger partial charge in [-0.25, -0.2) is 0 Å². The van der Waals surface area contributed by atoms with Gasteiger partial charge in [0.2, 0.25) is 0 Å². The number of hydrogen-bond acceptors (Lipinski definition) is 2. The molecule has 0 N–H and O–H groups in total. The number of nitrogens with zero attached hydrogens (tertiary/aromatic N) is 2. The second-order valence-electron chi connectivity index (χ2n) is 4.80. The maximum Gasteiger partial charge on any atom is 0.101 e. The second-order valence-corrected chi connectivity index (χ2v) is 5.72. The van der Waals surface area contributed by atoms with E-state index in [0.29, 0.717) is 0 Å². The normalized spacial score (nSPS) is 15.8. The molecular weight excluding hydrogens is 276 g/mol. The molecule has 1 aromatic rings. The zero-order chi connectivity index (χ0) is 12.3. The van der Waals surface area contributed by atoms with Crippen LogP contribution in [-0.4, -0.2) is 13.6 Å². The highest BCUT2D eigenvalue weighted by molar-refractivity contribution is 9.10. The van der Waals surface area contributed by atoms with Crippen molar-refractivity contribution in [1.82, 2.24) is 0 Å². The van der Waals surface area contributed by atoms with Gasteiger partial charge in [-0.2, -0.15) is 5.26 Å². The number of rotatable bonds is 3. The molecular formula is C14H17BrN2. The fourth-order valence-corrected chi connectivity index (χ4v) is 2.97. The van der Waals surface area contributed by atoms with Crippen molar-refractivity contribution in [2.45, 2.75) is 25.7 Å². The molecule has 0 aromatic heterocycles. The minimum atomic E-state index is 0.750. The average molecular weight is 293 g/mol. The van der Waals surface area contributed by atoms with E-state index in [1.54, 1.807) is 0 Å². The zero-order valence-corrected chi connectivity index (χ0v) is 11.7. The molecule has 1 saturated carbocycles. The summed E-state index contributed by atoms with van der Waals surface area (Å²) in [5.74, 6) is 0.801. The summed E-state index contributed by atoms with van der Waals surface area (Å²) >= 11 is 3.40. The molecule has 2 rings (SSSR count).